The number of sulfonamides is 1. The second kappa shape index (κ2) is 11.0. The van der Waals surface area contributed by atoms with E-state index in [4.69, 9.17) is 9.47 Å². The molecule has 3 aromatic carbocycles. The van der Waals surface area contributed by atoms with Gasteiger partial charge in [0.25, 0.3) is 15.9 Å². The fourth-order valence-corrected chi connectivity index (χ4v) is 4.27. The van der Waals surface area contributed by atoms with Gasteiger partial charge in [0.2, 0.25) is 0 Å². The van der Waals surface area contributed by atoms with E-state index in [1.807, 2.05) is 26.8 Å². The van der Waals surface area contributed by atoms with Gasteiger partial charge in [-0.2, -0.15) is 0 Å². The van der Waals surface area contributed by atoms with Crippen molar-refractivity contribution in [3.8, 4) is 5.75 Å². The molecule has 2 N–H and O–H groups in total. The van der Waals surface area contributed by atoms with E-state index in [2.05, 4.69) is 10.0 Å². The SMILES string of the molecule is CCOCCOc1ccc(C(=O)Nc2ccc(S(=O)(=O)Nc3cc(C)cc(C)c3)cc2)cc1. The molecule has 0 radical (unpaired) electrons. The normalized spacial score (nSPS) is 11.1. The molecule has 0 saturated carbocycles. The molecule has 8 heteroatoms. The lowest BCUT2D eigenvalue weighted by atomic mass is 10.1. The van der Waals surface area contributed by atoms with Crippen LogP contribution in [0.15, 0.2) is 71.6 Å². The quantitative estimate of drug-likeness (QED) is 0.418. The summed E-state index contributed by atoms with van der Waals surface area (Å²) in [5, 5.41) is 2.77. The van der Waals surface area contributed by atoms with Crippen molar-refractivity contribution in [2.75, 3.05) is 29.9 Å². The van der Waals surface area contributed by atoms with Crippen molar-refractivity contribution < 1.29 is 22.7 Å². The van der Waals surface area contributed by atoms with E-state index in [1.54, 1.807) is 48.5 Å². The predicted molar refractivity (Wildman–Crippen MR) is 130 cm³/mol. The molecule has 7 nitrogen and oxygen atoms in total. The number of ether oxygens (including phenoxy) is 2. The third-order valence-corrected chi connectivity index (χ3v) is 6.11. The van der Waals surface area contributed by atoms with Crippen LogP contribution in [0.5, 0.6) is 5.75 Å². The first-order valence-electron chi connectivity index (χ1n) is 10.6. The van der Waals surface area contributed by atoms with Gasteiger partial charge in [0.05, 0.1) is 11.5 Å². The fraction of sp³-hybridized carbons (Fsp3) is 0.240. The van der Waals surface area contributed by atoms with Gasteiger partial charge >= 0.3 is 0 Å². The first-order valence-corrected chi connectivity index (χ1v) is 12.1. The Balaban J connectivity index is 1.61. The van der Waals surface area contributed by atoms with E-state index >= 15 is 0 Å². The molecule has 3 rings (SSSR count). The molecule has 0 aliphatic rings. The van der Waals surface area contributed by atoms with Crippen LogP contribution < -0.4 is 14.8 Å². The number of anilines is 2. The molecular weight excluding hydrogens is 440 g/mol. The van der Waals surface area contributed by atoms with Crippen LogP contribution in [0.1, 0.15) is 28.4 Å². The summed E-state index contributed by atoms with van der Waals surface area (Å²) >= 11 is 0. The van der Waals surface area contributed by atoms with E-state index in [-0.39, 0.29) is 10.8 Å². The summed E-state index contributed by atoms with van der Waals surface area (Å²) in [6.07, 6.45) is 0. The molecule has 0 fully saturated rings. The highest BCUT2D eigenvalue weighted by Crippen LogP contribution is 2.21. The average molecular weight is 469 g/mol. The molecule has 174 valence electrons. The molecule has 0 aliphatic carbocycles. The molecule has 0 atom stereocenters. The second-order valence-electron chi connectivity index (χ2n) is 7.53. The zero-order chi connectivity index (χ0) is 23.8. The third kappa shape index (κ3) is 7.06. The van der Waals surface area contributed by atoms with Crippen molar-refractivity contribution in [3.05, 3.63) is 83.4 Å². The van der Waals surface area contributed by atoms with Gasteiger partial charge in [0.15, 0.2) is 0 Å². The number of amides is 1. The summed E-state index contributed by atoms with van der Waals surface area (Å²) in [7, 11) is -3.75. The van der Waals surface area contributed by atoms with Crippen LogP contribution in [0.25, 0.3) is 0 Å². The average Bonchev–Trinajstić information content (AvgIpc) is 2.76. The molecule has 0 spiro atoms. The standard InChI is InChI=1S/C25H28N2O5S/c1-4-31-13-14-32-23-9-5-20(6-10-23)25(28)26-21-7-11-24(12-8-21)33(29,30)27-22-16-18(2)15-19(3)17-22/h5-12,15-17,27H,4,13-14H2,1-3H3,(H,26,28). The van der Waals surface area contributed by atoms with Crippen molar-refractivity contribution in [1.82, 2.24) is 0 Å². The monoisotopic (exact) mass is 468 g/mol. The highest BCUT2D eigenvalue weighted by atomic mass is 32.2. The third-order valence-electron chi connectivity index (χ3n) is 4.71. The molecule has 3 aromatic rings. The Morgan fingerprint density at radius 1 is 0.848 bits per heavy atom. The van der Waals surface area contributed by atoms with Crippen molar-refractivity contribution in [1.29, 1.82) is 0 Å². The molecule has 0 heterocycles. The van der Waals surface area contributed by atoms with Gasteiger partial charge in [-0.15, -0.1) is 0 Å². The van der Waals surface area contributed by atoms with E-state index < -0.39 is 10.0 Å². The van der Waals surface area contributed by atoms with Gasteiger partial charge in [-0.25, -0.2) is 8.42 Å². The Bertz CT molecular complexity index is 1170. The van der Waals surface area contributed by atoms with E-state index in [0.29, 0.717) is 42.5 Å². The van der Waals surface area contributed by atoms with Gasteiger partial charge < -0.3 is 14.8 Å². The Morgan fingerprint density at radius 2 is 1.48 bits per heavy atom. The maximum absolute atomic E-state index is 12.7. The summed E-state index contributed by atoms with van der Waals surface area (Å²) in [6.45, 7) is 7.32. The van der Waals surface area contributed by atoms with Crippen LogP contribution >= 0.6 is 0 Å². The highest BCUT2D eigenvalue weighted by Gasteiger charge is 2.15. The Kier molecular flexibility index (Phi) is 8.08. The summed E-state index contributed by atoms with van der Waals surface area (Å²) in [5.41, 5.74) is 3.39. The number of hydrogen-bond acceptors (Lipinski definition) is 5. The Morgan fingerprint density at radius 3 is 2.09 bits per heavy atom. The highest BCUT2D eigenvalue weighted by molar-refractivity contribution is 7.92. The van der Waals surface area contributed by atoms with Crippen molar-refractivity contribution in [2.24, 2.45) is 0 Å². The minimum absolute atomic E-state index is 0.105. The van der Waals surface area contributed by atoms with Crippen molar-refractivity contribution >= 4 is 27.3 Å². The number of hydrogen-bond donors (Lipinski definition) is 2. The predicted octanol–water partition coefficient (Wildman–Crippen LogP) is 4.77. The number of carbonyl (C=O) groups excluding carboxylic acids is 1. The lowest BCUT2D eigenvalue weighted by Gasteiger charge is -2.11. The lowest BCUT2D eigenvalue weighted by Crippen LogP contribution is -2.14. The van der Waals surface area contributed by atoms with Crippen molar-refractivity contribution in [2.45, 2.75) is 25.7 Å². The summed E-state index contributed by atoms with van der Waals surface area (Å²) in [4.78, 5) is 12.6. The van der Waals surface area contributed by atoms with Gasteiger partial charge in [-0.05, 0) is 92.6 Å². The van der Waals surface area contributed by atoms with Crippen LogP contribution in [0.4, 0.5) is 11.4 Å². The Labute approximate surface area is 194 Å². The molecular formula is C25H28N2O5S. The van der Waals surface area contributed by atoms with E-state index in [9.17, 15) is 13.2 Å². The fourth-order valence-electron chi connectivity index (χ4n) is 3.23. The maximum atomic E-state index is 12.7. The van der Waals surface area contributed by atoms with E-state index in [1.165, 1.54) is 12.1 Å². The Hall–Kier alpha value is -3.36. The number of aryl methyl sites for hydroxylation is 2. The minimum atomic E-state index is -3.75. The van der Waals surface area contributed by atoms with Gasteiger partial charge in [0.1, 0.15) is 12.4 Å². The second-order valence-corrected chi connectivity index (χ2v) is 9.21. The minimum Gasteiger partial charge on any atom is -0.491 e. The first-order chi connectivity index (χ1) is 15.8. The van der Waals surface area contributed by atoms with Crippen molar-refractivity contribution in [3.63, 3.8) is 0 Å². The van der Waals surface area contributed by atoms with Crippen LogP contribution in [0.3, 0.4) is 0 Å². The summed E-state index contributed by atoms with van der Waals surface area (Å²) < 4.78 is 38.8. The largest absolute Gasteiger partial charge is 0.491 e. The van der Waals surface area contributed by atoms with E-state index in [0.717, 1.165) is 11.1 Å². The van der Waals surface area contributed by atoms with Crippen LogP contribution in [0.2, 0.25) is 0 Å². The topological polar surface area (TPSA) is 93.7 Å². The van der Waals surface area contributed by atoms with Gasteiger partial charge in [-0.1, -0.05) is 6.07 Å². The molecule has 33 heavy (non-hydrogen) atoms. The lowest BCUT2D eigenvalue weighted by molar-refractivity contribution is 0.102. The van der Waals surface area contributed by atoms with Crippen LogP contribution in [0, 0.1) is 13.8 Å². The zero-order valence-electron chi connectivity index (χ0n) is 18.9. The summed E-state index contributed by atoms with van der Waals surface area (Å²) in [5.74, 6) is 0.344. The molecule has 1 amide bonds. The molecule has 0 bridgehead atoms. The molecule has 0 aromatic heterocycles. The molecule has 0 unspecified atom stereocenters. The smallest absolute Gasteiger partial charge is 0.261 e. The zero-order valence-corrected chi connectivity index (χ0v) is 19.7. The number of carbonyl (C=O) groups is 1. The maximum Gasteiger partial charge on any atom is 0.261 e. The first kappa shape index (κ1) is 24.3. The van der Waals surface area contributed by atoms with Gasteiger partial charge in [0, 0.05) is 23.5 Å². The van der Waals surface area contributed by atoms with Crippen LogP contribution in [-0.2, 0) is 14.8 Å². The molecule has 0 aliphatic heterocycles. The number of rotatable bonds is 10. The molecule has 0 saturated heterocycles. The van der Waals surface area contributed by atoms with Crippen LogP contribution in [-0.4, -0.2) is 34.1 Å². The summed E-state index contributed by atoms with van der Waals surface area (Å²) in [6, 6.07) is 18.3. The van der Waals surface area contributed by atoms with Gasteiger partial charge in [-0.3, -0.25) is 9.52 Å². The number of nitrogens with one attached hydrogen (secondary N) is 2. The number of benzene rings is 3.